The Morgan fingerprint density at radius 1 is 1.11 bits per heavy atom. The van der Waals surface area contributed by atoms with E-state index in [0.29, 0.717) is 6.54 Å². The van der Waals surface area contributed by atoms with Gasteiger partial charge in [0.25, 0.3) is 0 Å². The van der Waals surface area contributed by atoms with Crippen LogP contribution in [0.15, 0.2) is 24.5 Å². The Morgan fingerprint density at radius 2 is 1.81 bits per heavy atom. The van der Waals surface area contributed by atoms with Gasteiger partial charge in [-0.2, -0.15) is 0 Å². The van der Waals surface area contributed by atoms with Crippen LogP contribution in [0, 0.1) is 0 Å². The number of fused-ring (bicyclic) bond motifs is 1. The molecule has 27 heavy (non-hydrogen) atoms. The Hall–Kier alpha value is -1.57. The third kappa shape index (κ3) is 7.16. The summed E-state index contributed by atoms with van der Waals surface area (Å²) in [5.74, 6) is 0.887. The molecule has 0 aliphatic heterocycles. The van der Waals surface area contributed by atoms with Crippen LogP contribution in [0.2, 0.25) is 14.8 Å². The van der Waals surface area contributed by atoms with Gasteiger partial charge in [0.15, 0.2) is 0 Å². The Morgan fingerprint density at radius 3 is 2.48 bits per heavy atom. The molecule has 0 unspecified atom stereocenters. The molecule has 2 rings (SSSR count). The van der Waals surface area contributed by atoms with Crippen molar-refractivity contribution in [2.24, 2.45) is 0 Å². The molecular formula is C20H32N4O2Sn. The number of carbonyl (C=O) groups excluding carboxylic acids is 1. The van der Waals surface area contributed by atoms with Gasteiger partial charge >= 0.3 is 140 Å². The molecule has 0 radical (unpaired) electrons. The summed E-state index contributed by atoms with van der Waals surface area (Å²) in [7, 11) is 0. The van der Waals surface area contributed by atoms with Gasteiger partial charge < -0.3 is 0 Å². The summed E-state index contributed by atoms with van der Waals surface area (Å²) in [6, 6.07) is 6.58. The molecule has 1 aromatic heterocycles. The van der Waals surface area contributed by atoms with Gasteiger partial charge in [-0.15, -0.1) is 0 Å². The molecule has 0 aliphatic carbocycles. The molecule has 1 heterocycles. The normalized spacial score (nSPS) is 12.1. The first-order valence-electron chi connectivity index (χ1n) is 9.52. The molecule has 7 heteroatoms. The van der Waals surface area contributed by atoms with E-state index in [2.05, 4.69) is 53.6 Å². The van der Waals surface area contributed by atoms with Crippen molar-refractivity contribution < 1.29 is 9.53 Å². The molecule has 6 nitrogen and oxygen atoms in total. The van der Waals surface area contributed by atoms with Crippen molar-refractivity contribution in [2.45, 2.75) is 54.0 Å². The van der Waals surface area contributed by atoms with Crippen molar-refractivity contribution in [2.75, 3.05) is 18.4 Å². The third-order valence-corrected chi connectivity index (χ3v) is 9.90. The number of alkyl carbamates (subject to hydrolysis) is 1. The van der Waals surface area contributed by atoms with Gasteiger partial charge in [0.05, 0.1) is 0 Å². The molecule has 0 saturated carbocycles. The number of anilines is 1. The number of hydrogen-bond acceptors (Lipinski definition) is 5. The molecule has 2 N–H and O–H groups in total. The third-order valence-electron chi connectivity index (χ3n) is 4.07. The summed E-state index contributed by atoms with van der Waals surface area (Å²) in [4.78, 5) is 27.6. The first-order chi connectivity index (χ1) is 12.6. The van der Waals surface area contributed by atoms with E-state index >= 15 is 0 Å². The van der Waals surface area contributed by atoms with Gasteiger partial charge in [-0.25, -0.2) is 0 Å². The van der Waals surface area contributed by atoms with Crippen molar-refractivity contribution >= 4 is 44.8 Å². The van der Waals surface area contributed by atoms with E-state index in [0.717, 1.165) is 36.1 Å². The number of nitrogens with one attached hydrogen (secondary N) is 2. The van der Waals surface area contributed by atoms with Crippen LogP contribution in [-0.4, -0.2) is 53.1 Å². The standard InChI is InChI=1S/C17H23N4O2.3CH3.Sn/c1-17(2,3)23-16(22)19-11-7-6-10-18-15-13-8-4-5-9-14(13)20-12-21-15;;;;/h5,8-9,12H,6-7,10-11H2,1-3H3,(H,19,22)(H,18,20,21);3*1H3;. The molecule has 0 saturated heterocycles. The number of rotatable bonds is 7. The molecule has 0 fully saturated rings. The maximum absolute atomic E-state index is 11.6. The summed E-state index contributed by atoms with van der Waals surface area (Å²) < 4.78 is 6.69. The fraction of sp³-hybridized carbons (Fsp3) is 0.550. The minimum atomic E-state index is -2.14. The van der Waals surface area contributed by atoms with E-state index in [1.54, 1.807) is 6.33 Å². The van der Waals surface area contributed by atoms with Crippen LogP contribution in [-0.2, 0) is 4.74 Å². The molecule has 148 valence electrons. The Balaban J connectivity index is 1.86. The summed E-state index contributed by atoms with van der Waals surface area (Å²) >= 11 is -2.14. The average molecular weight is 479 g/mol. The second-order valence-corrected chi connectivity index (χ2v) is 23.3. The number of amides is 1. The summed E-state index contributed by atoms with van der Waals surface area (Å²) in [6.07, 6.45) is 3.05. The second kappa shape index (κ2) is 9.08. The van der Waals surface area contributed by atoms with Crippen molar-refractivity contribution in [3.63, 3.8) is 0 Å². The van der Waals surface area contributed by atoms with Gasteiger partial charge in [0.1, 0.15) is 5.60 Å². The maximum atomic E-state index is 11.6. The SMILES string of the molecule is CC(C)(C)OC(=O)NCCCCNc1ncnc2cc[c]([Sn]([CH3])([CH3])[CH3])cc12. The van der Waals surface area contributed by atoms with E-state index < -0.39 is 24.0 Å². The van der Waals surface area contributed by atoms with Crippen LogP contribution in [0.5, 0.6) is 0 Å². The summed E-state index contributed by atoms with van der Waals surface area (Å²) in [5.41, 5.74) is 0.508. The number of aromatic nitrogens is 2. The van der Waals surface area contributed by atoms with Gasteiger partial charge in [0.2, 0.25) is 0 Å². The number of hydrogen-bond donors (Lipinski definition) is 2. The zero-order valence-electron chi connectivity index (χ0n) is 17.3. The molecule has 0 bridgehead atoms. The fourth-order valence-electron chi connectivity index (χ4n) is 2.63. The number of ether oxygens (including phenoxy) is 1. The predicted octanol–water partition coefficient (Wildman–Crippen LogP) is 3.89. The quantitative estimate of drug-likeness (QED) is 0.466. The number of benzene rings is 1. The Kier molecular flexibility index (Phi) is 7.31. The van der Waals surface area contributed by atoms with E-state index in [1.807, 2.05) is 20.8 Å². The van der Waals surface area contributed by atoms with Crippen molar-refractivity contribution in [1.82, 2.24) is 15.3 Å². The zero-order chi connectivity index (χ0) is 20.1. The topological polar surface area (TPSA) is 76.1 Å². The van der Waals surface area contributed by atoms with Crippen LogP contribution in [0.4, 0.5) is 10.6 Å². The van der Waals surface area contributed by atoms with Crippen LogP contribution >= 0.6 is 0 Å². The summed E-state index contributed by atoms with van der Waals surface area (Å²) in [5, 5.41) is 7.30. The Bertz CT molecular complexity index is 782. The Labute approximate surface area is 166 Å². The van der Waals surface area contributed by atoms with Crippen LogP contribution in [0.3, 0.4) is 0 Å². The molecule has 0 spiro atoms. The van der Waals surface area contributed by atoms with Gasteiger partial charge in [-0.3, -0.25) is 0 Å². The van der Waals surface area contributed by atoms with E-state index in [1.165, 1.54) is 3.58 Å². The van der Waals surface area contributed by atoms with Gasteiger partial charge in [-0.05, 0) is 20.8 Å². The molecule has 1 aromatic carbocycles. The second-order valence-electron chi connectivity index (χ2n) is 8.77. The number of nitrogens with zero attached hydrogens (tertiary/aromatic N) is 2. The fourth-order valence-corrected chi connectivity index (χ4v) is 5.94. The average Bonchev–Trinajstić information content (AvgIpc) is 2.55. The molecule has 2 aromatic rings. The first-order valence-corrected chi connectivity index (χ1v) is 19.5. The number of unbranched alkanes of at least 4 members (excludes halogenated alkanes) is 1. The van der Waals surface area contributed by atoms with Crippen LogP contribution < -0.4 is 14.2 Å². The van der Waals surface area contributed by atoms with Crippen LogP contribution in [0.1, 0.15) is 33.6 Å². The first kappa shape index (κ1) is 21.7. The van der Waals surface area contributed by atoms with Crippen LogP contribution in [0.25, 0.3) is 10.9 Å². The molecular weight excluding hydrogens is 447 g/mol. The van der Waals surface area contributed by atoms with E-state index in [4.69, 9.17) is 4.74 Å². The number of carbonyl (C=O) groups is 1. The van der Waals surface area contributed by atoms with Crippen molar-refractivity contribution in [3.05, 3.63) is 24.5 Å². The minimum absolute atomic E-state index is 0.363. The predicted molar refractivity (Wildman–Crippen MR) is 114 cm³/mol. The van der Waals surface area contributed by atoms with Gasteiger partial charge in [-0.1, -0.05) is 0 Å². The molecule has 1 amide bonds. The monoisotopic (exact) mass is 480 g/mol. The van der Waals surface area contributed by atoms with E-state index in [9.17, 15) is 4.79 Å². The molecule has 0 atom stereocenters. The van der Waals surface area contributed by atoms with Gasteiger partial charge in [0, 0.05) is 0 Å². The molecule has 0 aliphatic rings. The van der Waals surface area contributed by atoms with Crippen molar-refractivity contribution in [3.8, 4) is 0 Å². The zero-order valence-corrected chi connectivity index (χ0v) is 20.2. The summed E-state index contributed by atoms with van der Waals surface area (Å²) in [6.45, 7) is 6.97. The van der Waals surface area contributed by atoms with Crippen molar-refractivity contribution in [1.29, 1.82) is 0 Å². The van der Waals surface area contributed by atoms with E-state index in [-0.39, 0.29) is 6.09 Å².